The van der Waals surface area contributed by atoms with Gasteiger partial charge in [-0.15, -0.1) is 24.0 Å². The van der Waals surface area contributed by atoms with E-state index >= 15 is 0 Å². The zero-order valence-corrected chi connectivity index (χ0v) is 15.0. The first-order valence-electron chi connectivity index (χ1n) is 7.40. The first-order valence-corrected chi connectivity index (χ1v) is 7.40. The van der Waals surface area contributed by atoms with Crippen LogP contribution in [0, 0.1) is 0 Å². The lowest BCUT2D eigenvalue weighted by Crippen LogP contribution is -2.43. The van der Waals surface area contributed by atoms with Gasteiger partial charge in [0.2, 0.25) is 0 Å². The zero-order valence-electron chi connectivity index (χ0n) is 12.7. The molecule has 2 heterocycles. The highest BCUT2D eigenvalue weighted by Gasteiger charge is 2.11. The number of imidazole rings is 1. The van der Waals surface area contributed by atoms with Gasteiger partial charge in [-0.1, -0.05) is 18.2 Å². The molecule has 0 atom stereocenters. The van der Waals surface area contributed by atoms with E-state index < -0.39 is 0 Å². The molecule has 0 saturated carbocycles. The van der Waals surface area contributed by atoms with E-state index in [1.165, 1.54) is 0 Å². The summed E-state index contributed by atoms with van der Waals surface area (Å²) in [6.45, 7) is 0.823. The molecule has 2 aromatic rings. The third-order valence-corrected chi connectivity index (χ3v) is 3.66. The fourth-order valence-corrected chi connectivity index (χ4v) is 2.54. The van der Waals surface area contributed by atoms with Gasteiger partial charge in [-0.25, -0.2) is 4.98 Å². The Balaban J connectivity index is 0.00000176. The van der Waals surface area contributed by atoms with Gasteiger partial charge in [-0.05, 0) is 25.0 Å². The molecule has 0 spiro atoms. The van der Waals surface area contributed by atoms with Crippen LogP contribution in [0.5, 0.6) is 0 Å². The van der Waals surface area contributed by atoms with Gasteiger partial charge in [0.05, 0.1) is 5.69 Å². The molecule has 0 aromatic carbocycles. The van der Waals surface area contributed by atoms with Gasteiger partial charge < -0.3 is 15.0 Å². The number of aromatic nitrogens is 2. The Kier molecular flexibility index (Phi) is 6.23. The van der Waals surface area contributed by atoms with Gasteiger partial charge in [-0.3, -0.25) is 4.99 Å². The molecule has 0 fully saturated rings. The molecule has 0 radical (unpaired) electrons. The van der Waals surface area contributed by atoms with Crippen molar-refractivity contribution in [3.05, 3.63) is 48.4 Å². The molecule has 118 valence electrons. The summed E-state index contributed by atoms with van der Waals surface area (Å²) in [5.74, 6) is 0.868. The van der Waals surface area contributed by atoms with Crippen molar-refractivity contribution in [3.8, 4) is 0 Å². The second kappa shape index (κ2) is 8.17. The summed E-state index contributed by atoms with van der Waals surface area (Å²) in [6.07, 6.45) is 11.6. The largest absolute Gasteiger partial charge is 0.356 e. The third-order valence-electron chi connectivity index (χ3n) is 3.66. The van der Waals surface area contributed by atoms with Crippen molar-refractivity contribution in [2.75, 3.05) is 13.6 Å². The van der Waals surface area contributed by atoms with E-state index in [0.29, 0.717) is 6.04 Å². The minimum atomic E-state index is 0. The van der Waals surface area contributed by atoms with Crippen LogP contribution in [0.4, 0.5) is 0 Å². The van der Waals surface area contributed by atoms with Gasteiger partial charge in [0.25, 0.3) is 0 Å². The molecule has 3 rings (SSSR count). The Morgan fingerprint density at radius 1 is 1.36 bits per heavy atom. The minimum Gasteiger partial charge on any atom is -0.356 e. The minimum absolute atomic E-state index is 0. The highest BCUT2D eigenvalue weighted by atomic mass is 127. The summed E-state index contributed by atoms with van der Waals surface area (Å²) < 4.78 is 2.05. The first-order chi connectivity index (χ1) is 10.3. The van der Waals surface area contributed by atoms with Crippen molar-refractivity contribution >= 4 is 35.6 Å². The lowest BCUT2D eigenvalue weighted by molar-refractivity contribution is 0.632. The second-order valence-electron chi connectivity index (χ2n) is 5.23. The highest BCUT2D eigenvalue weighted by Crippen LogP contribution is 2.08. The number of hydrogen-bond donors (Lipinski definition) is 2. The normalized spacial score (nSPS) is 15.0. The van der Waals surface area contributed by atoms with Crippen LogP contribution < -0.4 is 10.6 Å². The monoisotopic (exact) mass is 411 g/mol. The van der Waals surface area contributed by atoms with E-state index in [9.17, 15) is 0 Å². The van der Waals surface area contributed by atoms with Crippen LogP contribution in [0.1, 0.15) is 18.5 Å². The lowest BCUT2D eigenvalue weighted by atomic mass is 10.2. The molecular weight excluding hydrogens is 389 g/mol. The molecule has 6 heteroatoms. The molecule has 1 aliphatic carbocycles. The average molecular weight is 411 g/mol. The SMILES string of the molecule is CN=C(NCCc1cn2ccccc2n1)NC1CC=CC1.I. The van der Waals surface area contributed by atoms with Gasteiger partial charge >= 0.3 is 0 Å². The molecule has 0 aliphatic heterocycles. The number of aliphatic imine (C=N–C) groups is 1. The Bertz CT molecular complexity index is 620. The Morgan fingerprint density at radius 3 is 2.91 bits per heavy atom. The van der Waals surface area contributed by atoms with E-state index in [1.54, 1.807) is 0 Å². The quantitative estimate of drug-likeness (QED) is 0.352. The number of nitrogens with one attached hydrogen (secondary N) is 2. The molecule has 22 heavy (non-hydrogen) atoms. The van der Waals surface area contributed by atoms with Crippen molar-refractivity contribution in [2.45, 2.75) is 25.3 Å². The number of halogens is 1. The maximum Gasteiger partial charge on any atom is 0.191 e. The summed E-state index contributed by atoms with van der Waals surface area (Å²) in [4.78, 5) is 8.86. The Labute approximate surface area is 147 Å². The van der Waals surface area contributed by atoms with Crippen LogP contribution in [0.2, 0.25) is 0 Å². The van der Waals surface area contributed by atoms with Crippen molar-refractivity contribution in [1.29, 1.82) is 0 Å². The second-order valence-corrected chi connectivity index (χ2v) is 5.23. The van der Waals surface area contributed by atoms with E-state index in [-0.39, 0.29) is 24.0 Å². The molecule has 2 N–H and O–H groups in total. The van der Waals surface area contributed by atoms with Gasteiger partial charge in [0.1, 0.15) is 5.65 Å². The number of nitrogens with zero attached hydrogens (tertiary/aromatic N) is 3. The molecule has 0 bridgehead atoms. The predicted octanol–water partition coefficient (Wildman–Crippen LogP) is 2.38. The zero-order chi connectivity index (χ0) is 14.5. The van der Waals surface area contributed by atoms with Gasteiger partial charge in [0, 0.05) is 38.4 Å². The molecular formula is C16H22IN5. The fourth-order valence-electron chi connectivity index (χ4n) is 2.54. The summed E-state index contributed by atoms with van der Waals surface area (Å²) in [5.41, 5.74) is 2.08. The van der Waals surface area contributed by atoms with Crippen molar-refractivity contribution in [1.82, 2.24) is 20.0 Å². The van der Waals surface area contributed by atoms with Crippen LogP contribution in [0.15, 0.2) is 47.7 Å². The highest BCUT2D eigenvalue weighted by molar-refractivity contribution is 14.0. The van der Waals surface area contributed by atoms with Gasteiger partial charge in [0.15, 0.2) is 5.96 Å². The smallest absolute Gasteiger partial charge is 0.191 e. The Hall–Kier alpha value is -1.57. The van der Waals surface area contributed by atoms with Crippen LogP contribution in [-0.2, 0) is 6.42 Å². The number of guanidine groups is 1. The van der Waals surface area contributed by atoms with E-state index in [2.05, 4.69) is 39.0 Å². The summed E-state index contributed by atoms with van der Waals surface area (Å²) in [6, 6.07) is 6.51. The number of pyridine rings is 1. The molecule has 0 unspecified atom stereocenters. The van der Waals surface area contributed by atoms with Crippen molar-refractivity contribution in [3.63, 3.8) is 0 Å². The lowest BCUT2D eigenvalue weighted by Gasteiger charge is -2.16. The van der Waals surface area contributed by atoms with E-state index in [4.69, 9.17) is 0 Å². The topological polar surface area (TPSA) is 53.7 Å². The Morgan fingerprint density at radius 2 is 2.18 bits per heavy atom. The molecule has 0 saturated heterocycles. The molecule has 2 aromatic heterocycles. The summed E-state index contributed by atoms with van der Waals surface area (Å²) in [7, 11) is 1.81. The van der Waals surface area contributed by atoms with E-state index in [1.807, 2.05) is 35.8 Å². The first kappa shape index (κ1) is 16.8. The number of hydrogen-bond acceptors (Lipinski definition) is 2. The van der Waals surface area contributed by atoms with Crippen LogP contribution >= 0.6 is 24.0 Å². The molecule has 5 nitrogen and oxygen atoms in total. The average Bonchev–Trinajstić information content (AvgIpc) is 3.14. The molecule has 0 amide bonds. The molecule has 1 aliphatic rings. The summed E-state index contributed by atoms with van der Waals surface area (Å²) in [5, 5.41) is 6.78. The van der Waals surface area contributed by atoms with Crippen LogP contribution in [0.3, 0.4) is 0 Å². The standard InChI is InChI=1S/C16H21N5.HI/c1-17-16(20-13-6-2-3-7-13)18-10-9-14-12-21-11-5-4-8-15(21)19-14;/h2-5,8,11-13H,6-7,9-10H2,1H3,(H2,17,18,20);1H. The predicted molar refractivity (Wildman–Crippen MR) is 101 cm³/mol. The third kappa shape index (κ3) is 4.22. The van der Waals surface area contributed by atoms with Crippen molar-refractivity contribution in [2.24, 2.45) is 4.99 Å². The van der Waals surface area contributed by atoms with Crippen LogP contribution in [-0.4, -0.2) is 35.0 Å². The number of fused-ring (bicyclic) bond motifs is 1. The maximum atomic E-state index is 4.59. The maximum absolute atomic E-state index is 4.59. The van der Waals surface area contributed by atoms with Crippen molar-refractivity contribution < 1.29 is 0 Å². The number of rotatable bonds is 4. The summed E-state index contributed by atoms with van der Waals surface area (Å²) >= 11 is 0. The van der Waals surface area contributed by atoms with Crippen LogP contribution in [0.25, 0.3) is 5.65 Å². The van der Waals surface area contributed by atoms with Gasteiger partial charge in [-0.2, -0.15) is 0 Å². The van der Waals surface area contributed by atoms with E-state index in [0.717, 1.165) is 43.1 Å². The fraction of sp³-hybridized carbons (Fsp3) is 0.375.